The number of ether oxygens (including phenoxy) is 2. The predicted octanol–water partition coefficient (Wildman–Crippen LogP) is 0.953. The zero-order valence-electron chi connectivity index (χ0n) is 10.9. The fourth-order valence-corrected chi connectivity index (χ4v) is 2.44. The van der Waals surface area contributed by atoms with E-state index in [1.54, 1.807) is 20.8 Å². The number of amides is 1. The van der Waals surface area contributed by atoms with Crippen molar-refractivity contribution in [1.29, 1.82) is 0 Å². The van der Waals surface area contributed by atoms with Crippen molar-refractivity contribution >= 4 is 12.1 Å². The number of aliphatic carboxylic acids is 1. The number of likely N-dealkylation sites (tertiary alicyclic amines) is 1. The first-order chi connectivity index (χ1) is 8.28. The lowest BCUT2D eigenvalue weighted by Gasteiger charge is -2.25. The molecule has 0 bridgehead atoms. The summed E-state index contributed by atoms with van der Waals surface area (Å²) in [5.41, 5.74) is -0.540. The van der Waals surface area contributed by atoms with Gasteiger partial charge >= 0.3 is 12.1 Å². The number of rotatable bonds is 1. The van der Waals surface area contributed by atoms with Crippen LogP contribution in [-0.4, -0.2) is 53.5 Å². The van der Waals surface area contributed by atoms with Crippen LogP contribution in [0.2, 0.25) is 0 Å². The third-order valence-electron chi connectivity index (χ3n) is 3.28. The summed E-state index contributed by atoms with van der Waals surface area (Å²) in [6.45, 7) is 6.47. The Morgan fingerprint density at radius 2 is 2.00 bits per heavy atom. The van der Waals surface area contributed by atoms with Crippen molar-refractivity contribution in [2.24, 2.45) is 11.8 Å². The Balaban J connectivity index is 1.97. The molecule has 0 aliphatic carbocycles. The molecular formula is C12H19NO5. The lowest BCUT2D eigenvalue weighted by Crippen LogP contribution is -2.37. The second-order valence-corrected chi connectivity index (χ2v) is 5.87. The Bertz CT molecular complexity index is 362. The minimum atomic E-state index is -0.853. The van der Waals surface area contributed by atoms with E-state index in [-0.39, 0.29) is 18.6 Å². The molecule has 3 atom stereocenters. The van der Waals surface area contributed by atoms with E-state index in [9.17, 15) is 9.59 Å². The molecule has 0 aromatic carbocycles. The molecule has 2 rings (SSSR count). The fraction of sp³-hybridized carbons (Fsp3) is 0.833. The van der Waals surface area contributed by atoms with Crippen molar-refractivity contribution in [3.8, 4) is 0 Å². The van der Waals surface area contributed by atoms with Crippen LogP contribution in [0.3, 0.4) is 0 Å². The van der Waals surface area contributed by atoms with Crippen molar-refractivity contribution in [1.82, 2.24) is 4.90 Å². The minimum absolute atomic E-state index is 0.116. The molecule has 0 aromatic rings. The van der Waals surface area contributed by atoms with Crippen LogP contribution in [-0.2, 0) is 14.3 Å². The molecule has 102 valence electrons. The van der Waals surface area contributed by atoms with Crippen LogP contribution >= 0.6 is 0 Å². The standard InChI is InChI=1S/C12H19NO5/c1-12(2,3)18-11(16)13-4-7-8(10(14)15)6-17-9(7)5-13/h7-9H,4-6H2,1-3H3,(H,14,15)/t7-,8+,9-/m0/s1. The highest BCUT2D eigenvalue weighted by Gasteiger charge is 2.48. The first-order valence-electron chi connectivity index (χ1n) is 6.10. The third-order valence-corrected chi connectivity index (χ3v) is 3.28. The van der Waals surface area contributed by atoms with Crippen molar-refractivity contribution in [3.05, 3.63) is 0 Å². The largest absolute Gasteiger partial charge is 0.481 e. The summed E-state index contributed by atoms with van der Waals surface area (Å²) in [5.74, 6) is -1.48. The number of fused-ring (bicyclic) bond motifs is 1. The summed E-state index contributed by atoms with van der Waals surface area (Å²) in [5, 5.41) is 9.06. The van der Waals surface area contributed by atoms with Gasteiger partial charge in [-0.15, -0.1) is 0 Å². The maximum Gasteiger partial charge on any atom is 0.410 e. The van der Waals surface area contributed by atoms with Gasteiger partial charge in [0.25, 0.3) is 0 Å². The second-order valence-electron chi connectivity index (χ2n) is 5.87. The zero-order chi connectivity index (χ0) is 13.5. The molecule has 2 aliphatic rings. The Kier molecular flexibility index (Phi) is 3.23. The number of hydrogen-bond acceptors (Lipinski definition) is 4. The first-order valence-corrected chi connectivity index (χ1v) is 6.10. The predicted molar refractivity (Wildman–Crippen MR) is 62.2 cm³/mol. The van der Waals surface area contributed by atoms with Gasteiger partial charge < -0.3 is 19.5 Å². The average molecular weight is 257 g/mol. The van der Waals surface area contributed by atoms with E-state index in [1.807, 2.05) is 0 Å². The first kappa shape index (κ1) is 13.1. The smallest absolute Gasteiger partial charge is 0.410 e. The summed E-state index contributed by atoms with van der Waals surface area (Å²) < 4.78 is 10.7. The Morgan fingerprint density at radius 3 is 2.56 bits per heavy atom. The second kappa shape index (κ2) is 4.42. The molecule has 0 spiro atoms. The van der Waals surface area contributed by atoms with Crippen LogP contribution in [0.5, 0.6) is 0 Å². The lowest BCUT2D eigenvalue weighted by atomic mass is 9.93. The van der Waals surface area contributed by atoms with E-state index in [1.165, 1.54) is 4.90 Å². The third kappa shape index (κ3) is 2.58. The van der Waals surface area contributed by atoms with Crippen molar-refractivity contribution in [2.45, 2.75) is 32.5 Å². The van der Waals surface area contributed by atoms with Crippen LogP contribution in [0.15, 0.2) is 0 Å². The molecule has 1 N–H and O–H groups in total. The fourth-order valence-electron chi connectivity index (χ4n) is 2.44. The molecule has 0 radical (unpaired) electrons. The highest BCUT2D eigenvalue weighted by molar-refractivity contribution is 5.72. The summed E-state index contributed by atoms with van der Waals surface area (Å²) in [4.78, 5) is 24.4. The highest BCUT2D eigenvalue weighted by atomic mass is 16.6. The summed E-state index contributed by atoms with van der Waals surface area (Å²) >= 11 is 0. The van der Waals surface area contributed by atoms with Gasteiger partial charge in [0, 0.05) is 12.5 Å². The van der Waals surface area contributed by atoms with Crippen LogP contribution < -0.4 is 0 Å². The highest BCUT2D eigenvalue weighted by Crippen LogP contribution is 2.34. The van der Waals surface area contributed by atoms with E-state index < -0.39 is 23.6 Å². The van der Waals surface area contributed by atoms with Gasteiger partial charge in [0.2, 0.25) is 0 Å². The zero-order valence-corrected chi connectivity index (χ0v) is 10.9. The number of carboxylic acids is 1. The van der Waals surface area contributed by atoms with Gasteiger partial charge in [-0.05, 0) is 20.8 Å². The van der Waals surface area contributed by atoms with Crippen molar-refractivity contribution < 1.29 is 24.2 Å². The minimum Gasteiger partial charge on any atom is -0.481 e. The van der Waals surface area contributed by atoms with Crippen LogP contribution in [0.1, 0.15) is 20.8 Å². The maximum atomic E-state index is 11.9. The van der Waals surface area contributed by atoms with Crippen LogP contribution in [0.4, 0.5) is 4.79 Å². The molecule has 0 aromatic heterocycles. The average Bonchev–Trinajstić information content (AvgIpc) is 2.70. The topological polar surface area (TPSA) is 76.1 Å². The van der Waals surface area contributed by atoms with Gasteiger partial charge in [0.1, 0.15) is 5.60 Å². The molecule has 2 fully saturated rings. The number of hydrogen-bond donors (Lipinski definition) is 1. The Labute approximate surface area is 106 Å². The van der Waals surface area contributed by atoms with Gasteiger partial charge in [0.05, 0.1) is 25.2 Å². The molecule has 6 nitrogen and oxygen atoms in total. The summed E-state index contributed by atoms with van der Waals surface area (Å²) in [6.07, 6.45) is -0.566. The van der Waals surface area contributed by atoms with Crippen molar-refractivity contribution in [2.75, 3.05) is 19.7 Å². The maximum absolute atomic E-state index is 11.9. The van der Waals surface area contributed by atoms with Gasteiger partial charge in [-0.25, -0.2) is 4.79 Å². The molecule has 2 saturated heterocycles. The monoisotopic (exact) mass is 257 g/mol. The van der Waals surface area contributed by atoms with Crippen molar-refractivity contribution in [3.63, 3.8) is 0 Å². The molecule has 0 saturated carbocycles. The van der Waals surface area contributed by atoms with Crippen LogP contribution in [0, 0.1) is 11.8 Å². The number of carbonyl (C=O) groups is 2. The molecule has 2 heterocycles. The van der Waals surface area contributed by atoms with Gasteiger partial charge in [-0.1, -0.05) is 0 Å². The van der Waals surface area contributed by atoms with E-state index in [0.29, 0.717) is 13.1 Å². The van der Waals surface area contributed by atoms with Gasteiger partial charge in [0.15, 0.2) is 0 Å². The number of carbonyl (C=O) groups excluding carboxylic acids is 1. The molecule has 0 unspecified atom stereocenters. The Morgan fingerprint density at radius 1 is 1.33 bits per heavy atom. The normalized spacial score (nSPS) is 31.3. The molecule has 6 heteroatoms. The molecule has 18 heavy (non-hydrogen) atoms. The lowest BCUT2D eigenvalue weighted by molar-refractivity contribution is -0.142. The SMILES string of the molecule is CC(C)(C)OC(=O)N1C[C@@H]2[C@H](C1)OC[C@H]2C(=O)O. The van der Waals surface area contributed by atoms with Crippen LogP contribution in [0.25, 0.3) is 0 Å². The van der Waals surface area contributed by atoms with E-state index in [0.717, 1.165) is 0 Å². The molecule has 1 amide bonds. The van der Waals surface area contributed by atoms with E-state index in [4.69, 9.17) is 14.6 Å². The molecule has 2 aliphatic heterocycles. The number of nitrogens with zero attached hydrogens (tertiary/aromatic N) is 1. The van der Waals surface area contributed by atoms with Gasteiger partial charge in [-0.3, -0.25) is 4.79 Å². The quantitative estimate of drug-likeness (QED) is 0.757. The number of carboxylic acid groups (broad SMARTS) is 1. The molecular weight excluding hydrogens is 238 g/mol. The Hall–Kier alpha value is -1.30. The summed E-state index contributed by atoms with van der Waals surface area (Å²) in [6, 6.07) is 0. The van der Waals surface area contributed by atoms with E-state index in [2.05, 4.69) is 0 Å². The summed E-state index contributed by atoms with van der Waals surface area (Å²) in [7, 11) is 0. The van der Waals surface area contributed by atoms with E-state index >= 15 is 0 Å². The van der Waals surface area contributed by atoms with Gasteiger partial charge in [-0.2, -0.15) is 0 Å².